The molecular formula is C14H18N4O7. The molecule has 0 bridgehead atoms. The van der Waals surface area contributed by atoms with Crippen molar-refractivity contribution in [3.63, 3.8) is 0 Å². The lowest BCUT2D eigenvalue weighted by molar-refractivity contribution is -0.386. The van der Waals surface area contributed by atoms with Crippen LogP contribution in [0, 0.1) is 16.0 Å². The number of nitro groups is 1. The maximum Gasteiger partial charge on any atom is 0.339 e. The molecule has 11 nitrogen and oxygen atoms in total. The number of methoxy groups -OCH3 is 1. The number of aromatic nitrogens is 1. The van der Waals surface area contributed by atoms with Crippen molar-refractivity contribution in [1.82, 2.24) is 15.2 Å². The largest absolute Gasteiger partial charge is 0.465 e. The van der Waals surface area contributed by atoms with Crippen LogP contribution in [0.4, 0.5) is 10.5 Å². The van der Waals surface area contributed by atoms with Gasteiger partial charge in [0.25, 0.3) is 0 Å². The molecule has 0 aliphatic rings. The third kappa shape index (κ3) is 5.71. The number of ether oxygens (including phenoxy) is 1. The van der Waals surface area contributed by atoms with E-state index in [0.29, 0.717) is 11.1 Å². The van der Waals surface area contributed by atoms with Gasteiger partial charge in [0.2, 0.25) is 5.91 Å². The summed E-state index contributed by atoms with van der Waals surface area (Å²) in [5.41, 5.74) is -2.25. The fourth-order valence-electron chi connectivity index (χ4n) is 1.76. The highest BCUT2D eigenvalue weighted by molar-refractivity contribution is 5.94. The Kier molecular flexibility index (Phi) is 6.79. The Labute approximate surface area is 142 Å². The lowest BCUT2D eigenvalue weighted by Crippen LogP contribution is -2.43. The Morgan fingerprint density at radius 2 is 2.00 bits per heavy atom. The van der Waals surface area contributed by atoms with Crippen LogP contribution >= 0.6 is 0 Å². The fourth-order valence-corrected chi connectivity index (χ4v) is 1.76. The number of urea groups is 1. The number of carbonyl (C=O) groups is 3. The predicted molar refractivity (Wildman–Crippen MR) is 85.1 cm³/mol. The molecule has 1 rings (SSSR count). The van der Waals surface area contributed by atoms with Crippen LogP contribution in [0.2, 0.25) is 0 Å². The van der Waals surface area contributed by atoms with Gasteiger partial charge in [-0.25, -0.2) is 9.59 Å². The summed E-state index contributed by atoms with van der Waals surface area (Å²) in [7, 11) is 1.06. The van der Waals surface area contributed by atoms with Crippen LogP contribution in [0.5, 0.6) is 0 Å². The van der Waals surface area contributed by atoms with E-state index < -0.39 is 40.6 Å². The molecule has 1 aromatic rings. The number of nitrogens with zero attached hydrogens (tertiary/aromatic N) is 2. The molecule has 25 heavy (non-hydrogen) atoms. The molecule has 0 spiro atoms. The van der Waals surface area contributed by atoms with Gasteiger partial charge >= 0.3 is 23.2 Å². The Hall–Kier alpha value is -3.24. The zero-order valence-corrected chi connectivity index (χ0v) is 13.9. The van der Waals surface area contributed by atoms with Crippen LogP contribution in [0.1, 0.15) is 24.2 Å². The maximum atomic E-state index is 12.0. The standard InChI is InChI=1S/C14H18N4O7/c1-8(2)5-15-14(22)16-11(19)7-17-6-9(13(21)25-3)4-10(12(17)20)18(23)24/h4,6,8H,5,7H2,1-3H3,(H2,15,16,19,22). The van der Waals surface area contributed by atoms with Gasteiger partial charge in [-0.3, -0.25) is 29.6 Å². The van der Waals surface area contributed by atoms with Gasteiger partial charge in [0.1, 0.15) is 6.54 Å². The quantitative estimate of drug-likeness (QED) is 0.415. The van der Waals surface area contributed by atoms with E-state index >= 15 is 0 Å². The monoisotopic (exact) mass is 354 g/mol. The number of amides is 3. The molecule has 0 unspecified atom stereocenters. The second-order valence-corrected chi connectivity index (χ2v) is 5.45. The fraction of sp³-hybridized carbons (Fsp3) is 0.429. The molecule has 0 saturated carbocycles. The minimum absolute atomic E-state index is 0.169. The predicted octanol–water partition coefficient (Wildman–Crippen LogP) is 0.0249. The summed E-state index contributed by atoms with van der Waals surface area (Å²) in [5.74, 6) is -1.62. The molecule has 0 atom stereocenters. The normalized spacial score (nSPS) is 10.2. The van der Waals surface area contributed by atoms with Crippen molar-refractivity contribution in [3.8, 4) is 0 Å². The van der Waals surface area contributed by atoms with Crippen molar-refractivity contribution in [3.05, 3.63) is 38.3 Å². The van der Waals surface area contributed by atoms with Crippen LogP contribution in [0.25, 0.3) is 0 Å². The lowest BCUT2D eigenvalue weighted by atomic mass is 10.2. The number of hydrogen-bond acceptors (Lipinski definition) is 7. The van der Waals surface area contributed by atoms with Crippen molar-refractivity contribution in [2.24, 2.45) is 5.92 Å². The first kappa shape index (κ1) is 19.8. The number of pyridine rings is 1. The molecule has 11 heteroatoms. The highest BCUT2D eigenvalue weighted by Crippen LogP contribution is 2.09. The zero-order chi connectivity index (χ0) is 19.1. The van der Waals surface area contributed by atoms with E-state index in [2.05, 4.69) is 10.1 Å². The minimum Gasteiger partial charge on any atom is -0.465 e. The Balaban J connectivity index is 3.00. The third-order valence-corrected chi connectivity index (χ3v) is 2.92. The Morgan fingerprint density at radius 3 is 2.52 bits per heavy atom. The van der Waals surface area contributed by atoms with E-state index in [-0.39, 0.29) is 11.5 Å². The second-order valence-electron chi connectivity index (χ2n) is 5.45. The maximum absolute atomic E-state index is 12.0. The van der Waals surface area contributed by atoms with Gasteiger partial charge in [0.15, 0.2) is 0 Å². The van der Waals surface area contributed by atoms with Gasteiger partial charge in [-0.15, -0.1) is 0 Å². The summed E-state index contributed by atoms with van der Waals surface area (Å²) < 4.78 is 5.11. The highest BCUT2D eigenvalue weighted by Gasteiger charge is 2.21. The number of hydrogen-bond donors (Lipinski definition) is 2. The summed E-state index contributed by atoms with van der Waals surface area (Å²) in [6.45, 7) is 3.38. The van der Waals surface area contributed by atoms with Crippen molar-refractivity contribution in [2.75, 3.05) is 13.7 Å². The summed E-state index contributed by atoms with van der Waals surface area (Å²) in [6.07, 6.45) is 0.951. The van der Waals surface area contributed by atoms with Gasteiger partial charge in [-0.2, -0.15) is 0 Å². The zero-order valence-electron chi connectivity index (χ0n) is 13.9. The van der Waals surface area contributed by atoms with Crippen molar-refractivity contribution in [1.29, 1.82) is 0 Å². The third-order valence-electron chi connectivity index (χ3n) is 2.92. The summed E-state index contributed by atoms with van der Waals surface area (Å²) in [4.78, 5) is 56.8. The van der Waals surface area contributed by atoms with Gasteiger partial charge < -0.3 is 10.1 Å². The first-order valence-electron chi connectivity index (χ1n) is 7.20. The van der Waals surface area contributed by atoms with Crippen LogP contribution in [0.15, 0.2) is 17.1 Å². The highest BCUT2D eigenvalue weighted by atomic mass is 16.6. The molecule has 0 radical (unpaired) electrons. The van der Waals surface area contributed by atoms with Crippen LogP contribution in [-0.4, -0.2) is 41.1 Å². The van der Waals surface area contributed by atoms with Crippen molar-refractivity contribution >= 4 is 23.6 Å². The van der Waals surface area contributed by atoms with E-state index in [9.17, 15) is 29.3 Å². The minimum atomic E-state index is -1.09. The number of rotatable bonds is 6. The van der Waals surface area contributed by atoms with Gasteiger partial charge in [0.05, 0.1) is 17.6 Å². The first-order valence-corrected chi connectivity index (χ1v) is 7.20. The lowest BCUT2D eigenvalue weighted by Gasteiger charge is -2.10. The van der Waals surface area contributed by atoms with Gasteiger partial charge in [-0.1, -0.05) is 13.8 Å². The average Bonchev–Trinajstić information content (AvgIpc) is 2.53. The molecule has 1 heterocycles. The van der Waals surface area contributed by atoms with Crippen LogP contribution in [0.3, 0.4) is 0 Å². The Bertz CT molecular complexity index is 754. The van der Waals surface area contributed by atoms with E-state index in [1.165, 1.54) is 0 Å². The summed E-state index contributed by atoms with van der Waals surface area (Å²) in [6, 6.07) is 0.00291. The molecule has 0 aliphatic heterocycles. The molecule has 0 fully saturated rings. The van der Waals surface area contributed by atoms with E-state index in [4.69, 9.17) is 0 Å². The smallest absolute Gasteiger partial charge is 0.339 e. The molecule has 0 aliphatic carbocycles. The number of nitrogens with one attached hydrogen (secondary N) is 2. The van der Waals surface area contributed by atoms with Crippen LogP contribution in [-0.2, 0) is 16.1 Å². The molecule has 3 amide bonds. The van der Waals surface area contributed by atoms with Crippen molar-refractivity contribution < 1.29 is 24.0 Å². The molecule has 136 valence electrons. The molecule has 0 aromatic carbocycles. The number of esters is 1. The molecule has 0 saturated heterocycles. The molecule has 2 N–H and O–H groups in total. The van der Waals surface area contributed by atoms with E-state index in [0.717, 1.165) is 19.4 Å². The Morgan fingerprint density at radius 1 is 1.36 bits per heavy atom. The van der Waals surface area contributed by atoms with E-state index in [1.807, 2.05) is 19.2 Å². The molecule has 1 aromatic heterocycles. The summed E-state index contributed by atoms with van der Waals surface area (Å²) >= 11 is 0. The number of carbonyl (C=O) groups excluding carboxylic acids is 3. The number of imide groups is 1. The van der Waals surface area contributed by atoms with Gasteiger partial charge in [-0.05, 0) is 5.92 Å². The first-order chi connectivity index (χ1) is 11.6. The van der Waals surface area contributed by atoms with Gasteiger partial charge in [0, 0.05) is 18.8 Å². The second kappa shape index (κ2) is 8.57. The van der Waals surface area contributed by atoms with E-state index in [1.54, 1.807) is 0 Å². The SMILES string of the molecule is COC(=O)c1cc([N+](=O)[O-])c(=O)n(CC(=O)NC(=O)NCC(C)C)c1. The van der Waals surface area contributed by atoms with Crippen LogP contribution < -0.4 is 16.2 Å². The molecular weight excluding hydrogens is 336 g/mol. The summed E-state index contributed by atoms with van der Waals surface area (Å²) in [5, 5.41) is 15.4. The average molecular weight is 354 g/mol. The topological polar surface area (TPSA) is 150 Å². The van der Waals surface area contributed by atoms with Crippen molar-refractivity contribution in [2.45, 2.75) is 20.4 Å².